The first-order chi connectivity index (χ1) is 12.9. The van der Waals surface area contributed by atoms with Gasteiger partial charge in [-0.15, -0.1) is 0 Å². The zero-order valence-electron chi connectivity index (χ0n) is 14.8. The Balaban J connectivity index is 1.18. The average Bonchev–Trinajstić information content (AvgIpc) is 3.11. The molecule has 1 aliphatic rings. The highest BCUT2D eigenvalue weighted by molar-refractivity contribution is 5.16. The van der Waals surface area contributed by atoms with Crippen molar-refractivity contribution in [3.05, 3.63) is 83.5 Å². The van der Waals surface area contributed by atoms with E-state index in [2.05, 4.69) is 51.4 Å². The molecule has 2 heterocycles. The second-order valence-corrected chi connectivity index (χ2v) is 6.71. The number of likely N-dealkylation sites (tertiary alicyclic amines) is 1. The molecule has 1 saturated heterocycles. The van der Waals surface area contributed by atoms with E-state index < -0.39 is 0 Å². The number of nitrogens with zero attached hydrogens (tertiary/aromatic N) is 3. The van der Waals surface area contributed by atoms with Crippen LogP contribution in [0.1, 0.15) is 28.8 Å². The van der Waals surface area contributed by atoms with Crippen LogP contribution in [-0.4, -0.2) is 34.7 Å². The monoisotopic (exact) mass is 349 g/mol. The van der Waals surface area contributed by atoms with E-state index >= 15 is 0 Å². The highest BCUT2D eigenvalue weighted by Gasteiger charge is 2.32. The Morgan fingerprint density at radius 3 is 2.38 bits per heavy atom. The van der Waals surface area contributed by atoms with Crippen LogP contribution >= 0.6 is 0 Å². The van der Waals surface area contributed by atoms with Crippen molar-refractivity contribution >= 4 is 0 Å². The summed E-state index contributed by atoms with van der Waals surface area (Å²) in [5.74, 6) is 1.84. The number of benzene rings is 2. The lowest BCUT2D eigenvalue weighted by Gasteiger charge is -2.37. The summed E-state index contributed by atoms with van der Waals surface area (Å²) >= 11 is 0. The predicted octanol–water partition coefficient (Wildman–Crippen LogP) is 3.43. The zero-order chi connectivity index (χ0) is 17.6. The van der Waals surface area contributed by atoms with Gasteiger partial charge in [-0.3, -0.25) is 4.90 Å². The van der Waals surface area contributed by atoms with Gasteiger partial charge in [-0.2, -0.15) is 4.98 Å². The van der Waals surface area contributed by atoms with Crippen molar-refractivity contribution in [1.82, 2.24) is 15.0 Å². The molecule has 5 nitrogen and oxygen atoms in total. The molecule has 0 N–H and O–H groups in total. The van der Waals surface area contributed by atoms with Gasteiger partial charge in [-0.25, -0.2) is 0 Å². The van der Waals surface area contributed by atoms with E-state index in [1.54, 1.807) is 0 Å². The van der Waals surface area contributed by atoms with Crippen molar-refractivity contribution in [1.29, 1.82) is 0 Å². The van der Waals surface area contributed by atoms with E-state index in [4.69, 9.17) is 9.26 Å². The van der Waals surface area contributed by atoms with Gasteiger partial charge >= 0.3 is 0 Å². The molecule has 0 aliphatic carbocycles. The van der Waals surface area contributed by atoms with Crippen LogP contribution in [0, 0.1) is 0 Å². The normalized spacial score (nSPS) is 15.1. The fourth-order valence-corrected chi connectivity index (χ4v) is 3.16. The highest BCUT2D eigenvalue weighted by atomic mass is 16.5. The van der Waals surface area contributed by atoms with Crippen LogP contribution in [0.15, 0.2) is 65.2 Å². The fraction of sp³-hybridized carbons (Fsp3) is 0.333. The number of rotatable bonds is 8. The molecule has 4 rings (SSSR count). The average molecular weight is 349 g/mol. The van der Waals surface area contributed by atoms with E-state index in [9.17, 15) is 0 Å². The van der Waals surface area contributed by atoms with Crippen LogP contribution in [0.2, 0.25) is 0 Å². The molecule has 0 radical (unpaired) electrons. The lowest BCUT2D eigenvalue weighted by atomic mass is 9.99. The van der Waals surface area contributed by atoms with Gasteiger partial charge in [0.1, 0.15) is 0 Å². The number of hydrogen-bond donors (Lipinski definition) is 0. The molecule has 0 amide bonds. The maximum Gasteiger partial charge on any atom is 0.232 e. The van der Waals surface area contributed by atoms with Gasteiger partial charge in [0.05, 0.1) is 19.1 Å². The van der Waals surface area contributed by atoms with Crippen molar-refractivity contribution in [2.24, 2.45) is 0 Å². The van der Waals surface area contributed by atoms with Crippen molar-refractivity contribution in [2.45, 2.75) is 25.5 Å². The van der Waals surface area contributed by atoms with E-state index in [1.807, 2.05) is 24.3 Å². The Morgan fingerprint density at radius 1 is 0.962 bits per heavy atom. The quantitative estimate of drug-likeness (QED) is 0.583. The van der Waals surface area contributed by atoms with Gasteiger partial charge in [0.15, 0.2) is 5.82 Å². The Hall–Kier alpha value is -2.50. The van der Waals surface area contributed by atoms with E-state index in [1.165, 1.54) is 11.1 Å². The van der Waals surface area contributed by atoms with Gasteiger partial charge < -0.3 is 9.26 Å². The van der Waals surface area contributed by atoms with Crippen LogP contribution in [-0.2, 0) is 24.3 Å². The molecule has 0 spiro atoms. The number of ether oxygens (including phenoxy) is 1. The topological polar surface area (TPSA) is 51.4 Å². The first-order valence-corrected chi connectivity index (χ1v) is 9.07. The minimum atomic E-state index is 0.352. The SMILES string of the molecule is c1ccc(COCCc2noc(C3CN(Cc4ccccc4)C3)n2)cc1. The van der Waals surface area contributed by atoms with Gasteiger partial charge in [0.2, 0.25) is 5.89 Å². The third-order valence-electron chi connectivity index (χ3n) is 4.62. The molecule has 5 heteroatoms. The van der Waals surface area contributed by atoms with Gasteiger partial charge in [-0.05, 0) is 11.1 Å². The smallest absolute Gasteiger partial charge is 0.232 e. The van der Waals surface area contributed by atoms with Crippen LogP contribution in [0.5, 0.6) is 0 Å². The standard InChI is InChI=1S/C21H23N3O2/c1-3-7-17(8-4-1)13-24-14-19(15-24)21-22-20(23-26-21)11-12-25-16-18-9-5-2-6-10-18/h1-10,19H,11-16H2. The van der Waals surface area contributed by atoms with Gasteiger partial charge in [0.25, 0.3) is 0 Å². The van der Waals surface area contributed by atoms with Crippen molar-refractivity contribution < 1.29 is 9.26 Å². The Kier molecular flexibility index (Phi) is 5.38. The molecular weight excluding hydrogens is 326 g/mol. The summed E-state index contributed by atoms with van der Waals surface area (Å²) in [4.78, 5) is 6.93. The van der Waals surface area contributed by atoms with Crippen molar-refractivity contribution in [3.63, 3.8) is 0 Å². The summed E-state index contributed by atoms with van der Waals surface area (Å²) in [5, 5.41) is 4.09. The van der Waals surface area contributed by atoms with Crippen LogP contribution in [0.3, 0.4) is 0 Å². The molecule has 3 aromatic rings. The molecule has 1 fully saturated rings. The molecule has 1 aliphatic heterocycles. The van der Waals surface area contributed by atoms with E-state index in [0.717, 1.165) is 31.3 Å². The molecule has 0 atom stereocenters. The summed E-state index contributed by atoms with van der Waals surface area (Å²) in [6, 6.07) is 20.7. The number of aromatic nitrogens is 2. The summed E-state index contributed by atoms with van der Waals surface area (Å²) in [6.07, 6.45) is 0.677. The second-order valence-electron chi connectivity index (χ2n) is 6.71. The highest BCUT2D eigenvalue weighted by Crippen LogP contribution is 2.27. The van der Waals surface area contributed by atoms with Gasteiger partial charge in [-0.1, -0.05) is 65.8 Å². The second kappa shape index (κ2) is 8.25. The Labute approximate surface area is 153 Å². The van der Waals surface area contributed by atoms with Crippen molar-refractivity contribution in [2.75, 3.05) is 19.7 Å². The Bertz CT molecular complexity index is 798. The molecule has 0 saturated carbocycles. The first kappa shape index (κ1) is 16.9. The number of hydrogen-bond acceptors (Lipinski definition) is 5. The summed E-state index contributed by atoms with van der Waals surface area (Å²) in [5.41, 5.74) is 2.52. The molecule has 1 aromatic heterocycles. The van der Waals surface area contributed by atoms with E-state index in [-0.39, 0.29) is 0 Å². The summed E-state index contributed by atoms with van der Waals surface area (Å²) in [7, 11) is 0. The maximum absolute atomic E-state index is 5.69. The predicted molar refractivity (Wildman–Crippen MR) is 98.6 cm³/mol. The lowest BCUT2D eigenvalue weighted by molar-refractivity contribution is 0.117. The largest absolute Gasteiger partial charge is 0.376 e. The lowest BCUT2D eigenvalue weighted by Crippen LogP contribution is -2.44. The van der Waals surface area contributed by atoms with Crippen LogP contribution in [0.25, 0.3) is 0 Å². The van der Waals surface area contributed by atoms with Gasteiger partial charge in [0, 0.05) is 26.1 Å². The molecule has 26 heavy (non-hydrogen) atoms. The minimum Gasteiger partial charge on any atom is -0.376 e. The van der Waals surface area contributed by atoms with Crippen LogP contribution < -0.4 is 0 Å². The minimum absolute atomic E-state index is 0.352. The molecule has 134 valence electrons. The Morgan fingerprint density at radius 2 is 1.65 bits per heavy atom. The third-order valence-corrected chi connectivity index (χ3v) is 4.62. The third kappa shape index (κ3) is 4.36. The van der Waals surface area contributed by atoms with E-state index in [0.29, 0.717) is 25.6 Å². The maximum atomic E-state index is 5.69. The molecule has 2 aromatic carbocycles. The summed E-state index contributed by atoms with van der Waals surface area (Å²) < 4.78 is 11.1. The molecule has 0 unspecified atom stereocenters. The molecular formula is C21H23N3O2. The zero-order valence-corrected chi connectivity index (χ0v) is 14.8. The van der Waals surface area contributed by atoms with Crippen LogP contribution in [0.4, 0.5) is 0 Å². The van der Waals surface area contributed by atoms with Crippen molar-refractivity contribution in [3.8, 4) is 0 Å². The fourth-order valence-electron chi connectivity index (χ4n) is 3.16. The molecule has 0 bridgehead atoms. The first-order valence-electron chi connectivity index (χ1n) is 9.07. The summed E-state index contributed by atoms with van der Waals surface area (Å²) in [6.45, 7) is 4.13.